The Hall–Kier alpha value is 0.582. The van der Waals surface area contributed by atoms with Gasteiger partial charge in [0.1, 0.15) is 0 Å². The van der Waals surface area contributed by atoms with E-state index in [1.54, 1.807) is 0 Å². The van der Waals surface area contributed by atoms with Gasteiger partial charge in [0, 0.05) is 5.97 Å². The van der Waals surface area contributed by atoms with Crippen molar-refractivity contribution >= 4 is 5.97 Å². The molecule has 0 fully saturated rings. The molecule has 0 N–H and O–H groups in total. The predicted octanol–water partition coefficient (Wildman–Crippen LogP) is -6.07. The van der Waals surface area contributed by atoms with Crippen molar-refractivity contribution in [2.24, 2.45) is 0 Å². The van der Waals surface area contributed by atoms with Crippen molar-refractivity contribution in [3.63, 3.8) is 0 Å². The zero-order valence-electron chi connectivity index (χ0n) is 5.60. The van der Waals surface area contributed by atoms with Gasteiger partial charge < -0.3 is 34.7 Å². The zero-order valence-corrected chi connectivity index (χ0v) is 8.39. The maximum Gasteiger partial charge on any atom is 3.00 e. The third-order valence-corrected chi connectivity index (χ3v) is 0.734. The Morgan fingerprint density at radius 1 is 1.40 bits per heavy atom. The number of unbranched alkanes of at least 4 members (excludes halogenated alkanes) is 1. The molecule has 0 atom stereocenters. The molecule has 0 aromatic heterocycles. The summed E-state index contributed by atoms with van der Waals surface area (Å²) >= 11 is 0. The van der Waals surface area contributed by atoms with Crippen molar-refractivity contribution in [3.8, 4) is 0 Å². The van der Waals surface area contributed by atoms with Gasteiger partial charge in [-0.05, 0) is 12.8 Å². The third-order valence-electron chi connectivity index (χ3n) is 0.734. The first-order valence-electron chi connectivity index (χ1n) is 2.47. The van der Waals surface area contributed by atoms with Gasteiger partial charge >= 0.3 is 17.4 Å². The molecule has 0 aliphatic heterocycles. The fourth-order valence-electron chi connectivity index (χ4n) is 0.321. The number of carbonyl (C=O) groups is 1. The zero-order chi connectivity index (χ0) is 5.70. The van der Waals surface area contributed by atoms with E-state index in [-0.39, 0.29) is 48.6 Å². The van der Waals surface area contributed by atoms with Crippen LogP contribution in [0.5, 0.6) is 0 Å². The minimum atomic E-state index is -0.943. The van der Waals surface area contributed by atoms with Crippen molar-refractivity contribution < 1.29 is 52.1 Å². The molecule has 0 saturated heterocycles. The van der Waals surface area contributed by atoms with Crippen LogP contribution in [0.3, 0.4) is 0 Å². The molecule has 0 rings (SSSR count). The van der Waals surface area contributed by atoms with Crippen LogP contribution in [0.15, 0.2) is 0 Å². The van der Waals surface area contributed by atoms with Gasteiger partial charge in [0.25, 0.3) is 0 Å². The molecule has 0 amide bonds. The van der Waals surface area contributed by atoms with Crippen LogP contribution >= 0.6 is 0 Å². The minimum Gasteiger partial charge on any atom is -1.00 e. The molecule has 0 spiro atoms. The molecule has 0 bridgehead atoms. The van der Waals surface area contributed by atoms with E-state index >= 15 is 0 Å². The van der Waals surface area contributed by atoms with Gasteiger partial charge in [-0.3, -0.25) is 0 Å². The van der Waals surface area contributed by atoms with Crippen LogP contribution in [0, 0.1) is 0 Å². The molecule has 10 heavy (non-hydrogen) atoms. The van der Waals surface area contributed by atoms with Crippen LogP contribution in [0.2, 0.25) is 0 Å². The van der Waals surface area contributed by atoms with Gasteiger partial charge in [-0.25, -0.2) is 0 Å². The summed E-state index contributed by atoms with van der Waals surface area (Å²) < 4.78 is 0. The first-order chi connectivity index (χ1) is 3.27. The molecule has 1 radical (unpaired) electrons. The van der Waals surface area contributed by atoms with Gasteiger partial charge in [-0.15, -0.1) is 0 Å². The van der Waals surface area contributed by atoms with Crippen molar-refractivity contribution in [1.29, 1.82) is 0 Å². The van der Waals surface area contributed by atoms with Crippen LogP contribution in [-0.2, 0) is 22.2 Å². The summed E-state index contributed by atoms with van der Waals surface area (Å²) in [5, 5.41) is 9.65. The quantitative estimate of drug-likeness (QED) is 0.478. The minimum absolute atomic E-state index is 0. The Labute approximate surface area is 84.3 Å². The van der Waals surface area contributed by atoms with E-state index < -0.39 is 5.97 Å². The fourth-order valence-corrected chi connectivity index (χ4v) is 0.321. The molecule has 61 valence electrons. The molecule has 0 aliphatic rings. The van der Waals surface area contributed by atoms with Gasteiger partial charge in [-0.1, -0.05) is 13.3 Å². The van der Waals surface area contributed by atoms with E-state index in [0.29, 0.717) is 0 Å². The average molecular weight is 224 g/mol. The molecule has 0 aromatic rings. The third kappa shape index (κ3) is 23.5. The van der Waals surface area contributed by atoms with Crippen molar-refractivity contribution in [3.05, 3.63) is 0 Å². The van der Waals surface area contributed by atoms with Crippen LogP contribution in [0.1, 0.15) is 26.2 Å². The van der Waals surface area contributed by atoms with E-state index in [1.807, 2.05) is 6.92 Å². The summed E-state index contributed by atoms with van der Waals surface area (Å²) in [6, 6.07) is 0. The summed E-state index contributed by atoms with van der Waals surface area (Å²) in [5.74, 6) is -0.943. The molecule has 5 heteroatoms. The number of halogens is 2. The molecule has 2 nitrogen and oxygen atoms in total. The summed E-state index contributed by atoms with van der Waals surface area (Å²) in [4.78, 5) is 9.65. The Balaban J connectivity index is -0.0000000600. The molecular formula is C5H9Cl2CrO2. The monoisotopic (exact) mass is 223 g/mol. The standard InChI is InChI=1S/C5H10O2.2ClH.Cr/c1-2-3-4-5(6)7;;;/h2-4H2,1H3,(H,6,7);2*1H;/q;;;+3/p-3. The molecule has 0 unspecified atom stereocenters. The molecule has 0 aromatic carbocycles. The van der Waals surface area contributed by atoms with Crippen molar-refractivity contribution in [2.75, 3.05) is 0 Å². The number of hydrogen-bond donors (Lipinski definition) is 0. The Morgan fingerprint density at radius 2 is 1.80 bits per heavy atom. The number of carboxylic acid groups (broad SMARTS) is 1. The van der Waals surface area contributed by atoms with Gasteiger partial charge in [0.15, 0.2) is 0 Å². The SMILES string of the molecule is CCCCC(=O)[O-].[Cl-].[Cl-].[Cr+3]. The Morgan fingerprint density at radius 3 is 1.90 bits per heavy atom. The van der Waals surface area contributed by atoms with E-state index in [4.69, 9.17) is 0 Å². The largest absolute Gasteiger partial charge is 3.00 e. The average Bonchev–Trinajstić information content (AvgIpc) is 1.61. The molecule has 0 saturated carbocycles. The van der Waals surface area contributed by atoms with Crippen molar-refractivity contribution in [2.45, 2.75) is 26.2 Å². The first kappa shape index (κ1) is 22.4. The smallest absolute Gasteiger partial charge is 1.00 e. The van der Waals surface area contributed by atoms with Gasteiger partial charge in [0.05, 0.1) is 0 Å². The topological polar surface area (TPSA) is 40.1 Å². The van der Waals surface area contributed by atoms with E-state index in [2.05, 4.69) is 0 Å². The van der Waals surface area contributed by atoms with Gasteiger partial charge in [-0.2, -0.15) is 0 Å². The fraction of sp³-hybridized carbons (Fsp3) is 0.800. The Kier molecular flexibility index (Phi) is 36.5. The number of aliphatic carboxylic acids is 1. The number of carboxylic acids is 1. The second-order valence-electron chi connectivity index (χ2n) is 1.48. The van der Waals surface area contributed by atoms with Crippen LogP contribution < -0.4 is 29.9 Å². The van der Waals surface area contributed by atoms with Crippen LogP contribution in [-0.4, -0.2) is 5.97 Å². The van der Waals surface area contributed by atoms with Gasteiger partial charge in [0.2, 0.25) is 0 Å². The number of hydrogen-bond acceptors (Lipinski definition) is 2. The Bertz CT molecular complexity index is 70.7. The molecular weight excluding hydrogens is 215 g/mol. The number of rotatable bonds is 3. The normalized spacial score (nSPS) is 6.10. The summed E-state index contributed by atoms with van der Waals surface area (Å²) in [5.41, 5.74) is 0. The van der Waals surface area contributed by atoms with Crippen LogP contribution in [0.4, 0.5) is 0 Å². The second-order valence-corrected chi connectivity index (χ2v) is 1.48. The summed E-state index contributed by atoms with van der Waals surface area (Å²) in [6.45, 7) is 1.95. The van der Waals surface area contributed by atoms with E-state index in [1.165, 1.54) is 0 Å². The number of carbonyl (C=O) groups excluding carboxylic acids is 1. The van der Waals surface area contributed by atoms with Crippen LogP contribution in [0.25, 0.3) is 0 Å². The van der Waals surface area contributed by atoms with E-state index in [0.717, 1.165) is 12.8 Å². The second kappa shape index (κ2) is 16.3. The summed E-state index contributed by atoms with van der Waals surface area (Å²) in [6.07, 6.45) is 1.87. The van der Waals surface area contributed by atoms with E-state index in [9.17, 15) is 9.90 Å². The maximum absolute atomic E-state index is 9.65. The summed E-state index contributed by atoms with van der Waals surface area (Å²) in [7, 11) is 0. The first-order valence-corrected chi connectivity index (χ1v) is 2.47. The molecule has 0 aliphatic carbocycles. The maximum atomic E-state index is 9.65. The molecule has 0 heterocycles. The van der Waals surface area contributed by atoms with Crippen molar-refractivity contribution in [1.82, 2.24) is 0 Å². The predicted molar refractivity (Wildman–Crippen MR) is 24.5 cm³/mol.